The van der Waals surface area contributed by atoms with Gasteiger partial charge in [-0.15, -0.1) is 0 Å². The van der Waals surface area contributed by atoms with E-state index in [-0.39, 0.29) is 17.2 Å². The van der Waals surface area contributed by atoms with Crippen molar-refractivity contribution in [2.24, 2.45) is 0 Å². The van der Waals surface area contributed by atoms with Crippen LogP contribution in [0, 0.1) is 12.7 Å². The lowest BCUT2D eigenvalue weighted by atomic mass is 10.1. The molecule has 2 N–H and O–H groups in total. The third-order valence-electron chi connectivity index (χ3n) is 3.19. The molecule has 0 bridgehead atoms. The van der Waals surface area contributed by atoms with Crippen LogP contribution in [0.2, 0.25) is 0 Å². The predicted molar refractivity (Wildman–Crippen MR) is 79.3 cm³/mol. The van der Waals surface area contributed by atoms with E-state index in [9.17, 15) is 9.18 Å². The van der Waals surface area contributed by atoms with E-state index in [1.165, 1.54) is 18.2 Å². The Morgan fingerprint density at radius 1 is 1.20 bits per heavy atom. The van der Waals surface area contributed by atoms with Gasteiger partial charge in [0, 0.05) is 12.2 Å². The van der Waals surface area contributed by atoms with Gasteiger partial charge in [-0.05, 0) is 38.1 Å². The number of hydrogen-bond acceptors (Lipinski definition) is 2. The first kappa shape index (κ1) is 14.1. The van der Waals surface area contributed by atoms with Crippen molar-refractivity contribution in [3.8, 4) is 0 Å². The van der Waals surface area contributed by atoms with Crippen molar-refractivity contribution in [3.05, 3.63) is 59.4 Å². The number of para-hydroxylation sites is 1. The molecule has 0 aliphatic heterocycles. The third kappa shape index (κ3) is 2.64. The first-order chi connectivity index (χ1) is 9.54. The van der Waals surface area contributed by atoms with Gasteiger partial charge in [0.25, 0.3) is 5.91 Å². The van der Waals surface area contributed by atoms with Crippen LogP contribution in [0.1, 0.15) is 22.8 Å². The van der Waals surface area contributed by atoms with Gasteiger partial charge in [0.15, 0.2) is 0 Å². The maximum Gasteiger partial charge on any atom is 0.260 e. The molecule has 0 aromatic heterocycles. The molecule has 2 aromatic carbocycles. The molecule has 104 valence electrons. The SMILES string of the molecule is CCN(C(=O)c1cccc(F)c1N)c1ccc(C)cc1. The molecule has 0 heterocycles. The second-order valence-electron chi connectivity index (χ2n) is 4.59. The van der Waals surface area contributed by atoms with Crippen molar-refractivity contribution >= 4 is 17.3 Å². The number of nitrogens with two attached hydrogens (primary N) is 1. The van der Waals surface area contributed by atoms with Gasteiger partial charge in [0.05, 0.1) is 11.3 Å². The molecule has 0 radical (unpaired) electrons. The van der Waals surface area contributed by atoms with Crippen LogP contribution in [0.4, 0.5) is 15.8 Å². The average molecular weight is 272 g/mol. The number of nitrogen functional groups attached to an aromatic ring is 1. The van der Waals surface area contributed by atoms with E-state index in [1.54, 1.807) is 4.90 Å². The fourth-order valence-electron chi connectivity index (χ4n) is 2.04. The Morgan fingerprint density at radius 3 is 2.45 bits per heavy atom. The number of rotatable bonds is 3. The van der Waals surface area contributed by atoms with E-state index in [0.29, 0.717) is 6.54 Å². The van der Waals surface area contributed by atoms with Crippen LogP contribution in [-0.2, 0) is 0 Å². The van der Waals surface area contributed by atoms with Gasteiger partial charge < -0.3 is 10.6 Å². The Kier molecular flexibility index (Phi) is 4.03. The number of carbonyl (C=O) groups excluding carboxylic acids is 1. The molecule has 0 fully saturated rings. The number of anilines is 2. The summed E-state index contributed by atoms with van der Waals surface area (Å²) in [6, 6.07) is 11.9. The van der Waals surface area contributed by atoms with Gasteiger partial charge in [-0.25, -0.2) is 4.39 Å². The van der Waals surface area contributed by atoms with Gasteiger partial charge in [-0.2, -0.15) is 0 Å². The van der Waals surface area contributed by atoms with E-state index in [4.69, 9.17) is 5.73 Å². The summed E-state index contributed by atoms with van der Waals surface area (Å²) in [6.07, 6.45) is 0. The van der Waals surface area contributed by atoms with Crippen molar-refractivity contribution < 1.29 is 9.18 Å². The molecule has 0 saturated carbocycles. The predicted octanol–water partition coefficient (Wildman–Crippen LogP) is 3.38. The number of aryl methyl sites for hydroxylation is 1. The van der Waals surface area contributed by atoms with Crippen molar-refractivity contribution in [2.75, 3.05) is 17.2 Å². The van der Waals surface area contributed by atoms with Gasteiger partial charge in [0.2, 0.25) is 0 Å². The highest BCUT2D eigenvalue weighted by atomic mass is 19.1. The zero-order valence-corrected chi connectivity index (χ0v) is 11.6. The smallest absolute Gasteiger partial charge is 0.260 e. The fourth-order valence-corrected chi connectivity index (χ4v) is 2.04. The van der Waals surface area contributed by atoms with Crippen LogP contribution in [0.3, 0.4) is 0 Å². The Morgan fingerprint density at radius 2 is 1.85 bits per heavy atom. The lowest BCUT2D eigenvalue weighted by Crippen LogP contribution is -2.31. The number of amides is 1. The fraction of sp³-hybridized carbons (Fsp3) is 0.188. The highest BCUT2D eigenvalue weighted by molar-refractivity contribution is 6.09. The summed E-state index contributed by atoms with van der Waals surface area (Å²) in [7, 11) is 0. The van der Waals surface area contributed by atoms with Crippen molar-refractivity contribution in [1.82, 2.24) is 0 Å². The van der Waals surface area contributed by atoms with Crippen LogP contribution in [0.15, 0.2) is 42.5 Å². The number of carbonyl (C=O) groups is 1. The Bertz CT molecular complexity index is 623. The number of hydrogen-bond donors (Lipinski definition) is 1. The van der Waals surface area contributed by atoms with E-state index < -0.39 is 5.82 Å². The molecule has 1 amide bonds. The Balaban J connectivity index is 2.39. The molecule has 0 aliphatic carbocycles. The summed E-state index contributed by atoms with van der Waals surface area (Å²) in [5.74, 6) is -0.871. The average Bonchev–Trinajstić information content (AvgIpc) is 2.44. The third-order valence-corrected chi connectivity index (χ3v) is 3.19. The second-order valence-corrected chi connectivity index (χ2v) is 4.59. The molecular weight excluding hydrogens is 255 g/mol. The molecule has 0 spiro atoms. The topological polar surface area (TPSA) is 46.3 Å². The molecule has 0 atom stereocenters. The van der Waals surface area contributed by atoms with Crippen molar-refractivity contribution in [2.45, 2.75) is 13.8 Å². The zero-order chi connectivity index (χ0) is 14.7. The van der Waals surface area contributed by atoms with Gasteiger partial charge >= 0.3 is 0 Å². The minimum atomic E-state index is -0.573. The zero-order valence-electron chi connectivity index (χ0n) is 11.6. The van der Waals surface area contributed by atoms with Gasteiger partial charge in [-0.3, -0.25) is 4.79 Å². The van der Waals surface area contributed by atoms with E-state index in [0.717, 1.165) is 11.3 Å². The summed E-state index contributed by atoms with van der Waals surface area (Å²) < 4.78 is 13.5. The first-order valence-corrected chi connectivity index (χ1v) is 6.47. The monoisotopic (exact) mass is 272 g/mol. The number of benzene rings is 2. The molecule has 2 aromatic rings. The largest absolute Gasteiger partial charge is 0.396 e. The highest BCUT2D eigenvalue weighted by Gasteiger charge is 2.19. The quantitative estimate of drug-likeness (QED) is 0.871. The molecule has 0 unspecified atom stereocenters. The van der Waals surface area contributed by atoms with Crippen LogP contribution in [0.5, 0.6) is 0 Å². The first-order valence-electron chi connectivity index (χ1n) is 6.47. The number of nitrogens with zero attached hydrogens (tertiary/aromatic N) is 1. The van der Waals surface area contributed by atoms with Crippen LogP contribution in [-0.4, -0.2) is 12.5 Å². The minimum Gasteiger partial charge on any atom is -0.396 e. The molecule has 20 heavy (non-hydrogen) atoms. The molecule has 0 saturated heterocycles. The number of halogens is 1. The van der Waals surface area contributed by atoms with Crippen LogP contribution >= 0.6 is 0 Å². The summed E-state index contributed by atoms with van der Waals surface area (Å²) in [6.45, 7) is 4.33. The summed E-state index contributed by atoms with van der Waals surface area (Å²) >= 11 is 0. The summed E-state index contributed by atoms with van der Waals surface area (Å²) in [4.78, 5) is 14.1. The van der Waals surface area contributed by atoms with Crippen molar-refractivity contribution in [3.63, 3.8) is 0 Å². The minimum absolute atomic E-state index is 0.108. The Hall–Kier alpha value is -2.36. The molecule has 2 rings (SSSR count). The van der Waals surface area contributed by atoms with E-state index in [1.807, 2.05) is 38.1 Å². The second kappa shape index (κ2) is 5.74. The van der Waals surface area contributed by atoms with Gasteiger partial charge in [-0.1, -0.05) is 23.8 Å². The summed E-state index contributed by atoms with van der Waals surface area (Å²) in [5.41, 5.74) is 7.62. The lowest BCUT2D eigenvalue weighted by Gasteiger charge is -2.22. The normalized spacial score (nSPS) is 10.3. The maximum absolute atomic E-state index is 13.5. The lowest BCUT2D eigenvalue weighted by molar-refractivity contribution is 0.0989. The van der Waals surface area contributed by atoms with Crippen LogP contribution in [0.25, 0.3) is 0 Å². The Labute approximate surface area is 117 Å². The van der Waals surface area contributed by atoms with Crippen molar-refractivity contribution in [1.29, 1.82) is 0 Å². The molecular formula is C16H17FN2O. The van der Waals surface area contributed by atoms with E-state index >= 15 is 0 Å². The van der Waals surface area contributed by atoms with Gasteiger partial charge in [0.1, 0.15) is 5.82 Å². The molecule has 3 nitrogen and oxygen atoms in total. The standard InChI is InChI=1S/C16H17FN2O/c1-3-19(12-9-7-11(2)8-10-12)16(20)13-5-4-6-14(17)15(13)18/h4-10H,3,18H2,1-2H3. The molecule has 4 heteroatoms. The van der Waals surface area contributed by atoms with Crippen LogP contribution < -0.4 is 10.6 Å². The van der Waals surface area contributed by atoms with E-state index in [2.05, 4.69) is 0 Å². The molecule has 0 aliphatic rings. The maximum atomic E-state index is 13.5. The highest BCUT2D eigenvalue weighted by Crippen LogP contribution is 2.22. The summed E-state index contributed by atoms with van der Waals surface area (Å²) in [5, 5.41) is 0.